The number of hydrogen-bond donors (Lipinski definition) is 3. The Morgan fingerprint density at radius 1 is 1.03 bits per heavy atom. The fourth-order valence-corrected chi connectivity index (χ4v) is 5.64. The molecule has 1 aromatic heterocycles. The van der Waals surface area contributed by atoms with E-state index in [-0.39, 0.29) is 21.9 Å². The Bertz CT molecular complexity index is 1170. The molecular formula is C20H18N2O7S2. The van der Waals surface area contributed by atoms with E-state index < -0.39 is 21.1 Å². The van der Waals surface area contributed by atoms with Gasteiger partial charge in [0.25, 0.3) is 5.69 Å². The predicted molar refractivity (Wildman–Crippen MR) is 115 cm³/mol. The lowest BCUT2D eigenvalue weighted by atomic mass is 10.1. The molecule has 1 aliphatic rings. The van der Waals surface area contributed by atoms with E-state index in [1.807, 2.05) is 30.3 Å². The van der Waals surface area contributed by atoms with Gasteiger partial charge in [0.05, 0.1) is 4.92 Å². The molecule has 1 saturated carbocycles. The van der Waals surface area contributed by atoms with Crippen LogP contribution in [0.5, 0.6) is 0 Å². The van der Waals surface area contributed by atoms with Crippen molar-refractivity contribution in [2.24, 2.45) is 0 Å². The Kier molecular flexibility index (Phi) is 6.68. The van der Waals surface area contributed by atoms with Crippen LogP contribution in [0.15, 0.2) is 70.9 Å². The fourth-order valence-electron chi connectivity index (χ4n) is 3.02. The molecule has 1 fully saturated rings. The summed E-state index contributed by atoms with van der Waals surface area (Å²) in [7, 11) is -3.59. The number of benzene rings is 2. The lowest BCUT2D eigenvalue weighted by Gasteiger charge is -2.04. The number of nitrogens with one attached hydrogen (secondary N) is 1. The maximum Gasteiger partial charge on any atom is 0.503 e. The Labute approximate surface area is 181 Å². The van der Waals surface area contributed by atoms with Crippen molar-refractivity contribution in [2.45, 2.75) is 22.6 Å². The average Bonchev–Trinajstić information content (AvgIpc) is 3.28. The summed E-state index contributed by atoms with van der Waals surface area (Å²) < 4.78 is 28.3. The van der Waals surface area contributed by atoms with Crippen molar-refractivity contribution in [3.8, 4) is 10.4 Å². The first-order valence-corrected chi connectivity index (χ1v) is 11.3. The number of sulfonamides is 1. The second-order valence-corrected chi connectivity index (χ2v) is 9.71. The van der Waals surface area contributed by atoms with Crippen LogP contribution in [0.3, 0.4) is 0 Å². The third-order valence-corrected chi connectivity index (χ3v) is 7.65. The van der Waals surface area contributed by atoms with Crippen molar-refractivity contribution in [1.82, 2.24) is 4.72 Å². The van der Waals surface area contributed by atoms with Crippen LogP contribution in [0.1, 0.15) is 17.9 Å². The van der Waals surface area contributed by atoms with Crippen molar-refractivity contribution in [1.29, 1.82) is 0 Å². The van der Waals surface area contributed by atoms with Gasteiger partial charge in [-0.15, -0.1) is 11.3 Å². The summed E-state index contributed by atoms with van der Waals surface area (Å²) in [5.74, 6) is 0.218. The highest BCUT2D eigenvalue weighted by molar-refractivity contribution is 7.91. The smallest absolute Gasteiger partial charge is 0.450 e. The molecule has 0 amide bonds. The molecule has 1 aliphatic carbocycles. The monoisotopic (exact) mass is 462 g/mol. The highest BCUT2D eigenvalue weighted by Gasteiger charge is 2.41. The SMILES string of the molecule is O=C(O)O.O=[N+]([O-])c1ccc(-c2ccc(S(=O)(=O)N[C@H]3C[C@@H]3c3ccccc3)s2)cc1. The largest absolute Gasteiger partial charge is 0.503 e. The van der Waals surface area contributed by atoms with E-state index in [4.69, 9.17) is 15.0 Å². The number of rotatable bonds is 6. The lowest BCUT2D eigenvalue weighted by Crippen LogP contribution is -2.26. The van der Waals surface area contributed by atoms with Gasteiger partial charge in [0, 0.05) is 29.0 Å². The Hall–Kier alpha value is -3.28. The highest BCUT2D eigenvalue weighted by Crippen LogP contribution is 2.42. The summed E-state index contributed by atoms with van der Waals surface area (Å²) >= 11 is 1.15. The van der Waals surface area contributed by atoms with Crippen LogP contribution in [0, 0.1) is 10.1 Å². The van der Waals surface area contributed by atoms with Crippen molar-refractivity contribution < 1.29 is 28.3 Å². The predicted octanol–water partition coefficient (Wildman–Crippen LogP) is 4.38. The van der Waals surface area contributed by atoms with Gasteiger partial charge in [-0.3, -0.25) is 10.1 Å². The van der Waals surface area contributed by atoms with Gasteiger partial charge >= 0.3 is 6.16 Å². The molecule has 31 heavy (non-hydrogen) atoms. The number of carboxylic acid groups (broad SMARTS) is 2. The van der Waals surface area contributed by atoms with Crippen LogP contribution in [0.4, 0.5) is 10.5 Å². The fraction of sp³-hybridized carbons (Fsp3) is 0.150. The molecule has 2 atom stereocenters. The van der Waals surface area contributed by atoms with Gasteiger partial charge in [-0.1, -0.05) is 30.3 Å². The van der Waals surface area contributed by atoms with E-state index in [1.54, 1.807) is 24.3 Å². The molecule has 0 bridgehead atoms. The van der Waals surface area contributed by atoms with Gasteiger partial charge in [-0.05, 0) is 41.8 Å². The molecule has 3 aromatic rings. The molecule has 0 saturated heterocycles. The molecule has 0 radical (unpaired) electrons. The minimum atomic E-state index is -3.59. The molecule has 162 valence electrons. The average molecular weight is 463 g/mol. The number of carbonyl (C=O) groups is 1. The summed E-state index contributed by atoms with van der Waals surface area (Å²) in [5.41, 5.74) is 1.90. The molecule has 1 heterocycles. The zero-order chi connectivity index (χ0) is 22.6. The second-order valence-electron chi connectivity index (χ2n) is 6.69. The third-order valence-electron chi connectivity index (χ3n) is 4.53. The number of hydrogen-bond acceptors (Lipinski definition) is 6. The third kappa shape index (κ3) is 5.87. The van der Waals surface area contributed by atoms with Crippen LogP contribution in [0.2, 0.25) is 0 Å². The van der Waals surface area contributed by atoms with Crippen molar-refractivity contribution in [3.63, 3.8) is 0 Å². The summed E-state index contributed by atoms with van der Waals surface area (Å²) in [6.07, 6.45) is -1.04. The minimum absolute atomic E-state index is 0.00510. The zero-order valence-corrected chi connectivity index (χ0v) is 17.5. The van der Waals surface area contributed by atoms with Crippen LogP contribution in [-0.4, -0.2) is 35.8 Å². The molecule has 3 N–H and O–H groups in total. The molecule has 9 nitrogen and oxygen atoms in total. The van der Waals surface area contributed by atoms with E-state index in [0.29, 0.717) is 0 Å². The van der Waals surface area contributed by atoms with E-state index in [0.717, 1.165) is 33.8 Å². The first-order chi connectivity index (χ1) is 14.7. The lowest BCUT2D eigenvalue weighted by molar-refractivity contribution is -0.384. The van der Waals surface area contributed by atoms with Crippen LogP contribution < -0.4 is 4.72 Å². The first-order valence-electron chi connectivity index (χ1n) is 9.01. The molecule has 0 aliphatic heterocycles. The molecule has 11 heteroatoms. The Morgan fingerprint density at radius 2 is 1.65 bits per heavy atom. The number of nitrogens with zero attached hydrogens (tertiary/aromatic N) is 1. The molecule has 0 spiro atoms. The summed E-state index contributed by atoms with van der Waals surface area (Å²) in [5, 5.41) is 24.7. The number of nitro benzene ring substituents is 1. The molecule has 0 unspecified atom stereocenters. The zero-order valence-electron chi connectivity index (χ0n) is 15.9. The number of thiophene rings is 1. The molecule has 2 aromatic carbocycles. The summed E-state index contributed by atoms with van der Waals surface area (Å²) in [6.45, 7) is 0. The quantitative estimate of drug-likeness (QED) is 0.364. The second kappa shape index (κ2) is 9.25. The van der Waals surface area contributed by atoms with E-state index in [9.17, 15) is 18.5 Å². The van der Waals surface area contributed by atoms with Gasteiger partial charge in [-0.2, -0.15) is 0 Å². The van der Waals surface area contributed by atoms with E-state index in [1.165, 1.54) is 12.1 Å². The van der Waals surface area contributed by atoms with Crippen LogP contribution >= 0.6 is 11.3 Å². The number of nitro groups is 1. The highest BCUT2D eigenvalue weighted by atomic mass is 32.2. The van der Waals surface area contributed by atoms with Crippen LogP contribution in [0.25, 0.3) is 10.4 Å². The molecular weight excluding hydrogens is 444 g/mol. The summed E-state index contributed by atoms with van der Waals surface area (Å²) in [6, 6.07) is 19.2. The van der Waals surface area contributed by atoms with Gasteiger partial charge in [0.15, 0.2) is 0 Å². The normalized spacial score (nSPS) is 17.3. The first kappa shape index (κ1) is 22.4. The van der Waals surface area contributed by atoms with Crippen molar-refractivity contribution in [2.75, 3.05) is 0 Å². The van der Waals surface area contributed by atoms with Crippen LogP contribution in [-0.2, 0) is 10.0 Å². The van der Waals surface area contributed by atoms with Gasteiger partial charge in [0.1, 0.15) is 4.21 Å². The Balaban J connectivity index is 0.000000628. The van der Waals surface area contributed by atoms with Gasteiger partial charge in [-0.25, -0.2) is 17.9 Å². The topological polar surface area (TPSA) is 147 Å². The van der Waals surface area contributed by atoms with Gasteiger partial charge in [0.2, 0.25) is 10.0 Å². The maximum atomic E-state index is 12.7. The maximum absolute atomic E-state index is 12.7. The number of non-ortho nitro benzene ring substituents is 1. The van der Waals surface area contributed by atoms with E-state index in [2.05, 4.69) is 4.72 Å². The van der Waals surface area contributed by atoms with E-state index >= 15 is 0 Å². The standard InChI is InChI=1S/C19H16N2O4S2.CH2O3/c22-21(23)15-8-6-14(7-9-15)18-10-11-19(26-18)27(24,25)20-17-12-16(17)13-4-2-1-3-5-13;2-1(3)4/h1-11,16-17,20H,12H2;(H2,2,3,4)/t16-,17+;/m1./s1. The van der Waals surface area contributed by atoms with Crippen molar-refractivity contribution >= 4 is 33.2 Å². The Morgan fingerprint density at radius 3 is 2.23 bits per heavy atom. The molecule has 4 rings (SSSR count). The minimum Gasteiger partial charge on any atom is -0.450 e. The van der Waals surface area contributed by atoms with Gasteiger partial charge < -0.3 is 10.2 Å². The summed E-state index contributed by atoms with van der Waals surface area (Å²) in [4.78, 5) is 19.6. The van der Waals surface area contributed by atoms with Crippen molar-refractivity contribution in [3.05, 3.63) is 82.4 Å².